The van der Waals surface area contributed by atoms with Gasteiger partial charge < -0.3 is 19.7 Å². The molecule has 152 valence electrons. The van der Waals surface area contributed by atoms with Gasteiger partial charge in [0.1, 0.15) is 11.5 Å². The number of nitrogens with zero attached hydrogens (tertiary/aromatic N) is 2. The molecule has 0 aliphatic heterocycles. The molecule has 8 nitrogen and oxygen atoms in total. The quantitative estimate of drug-likeness (QED) is 0.526. The van der Waals surface area contributed by atoms with Crippen molar-refractivity contribution in [1.29, 1.82) is 0 Å². The number of non-ortho nitro benzene ring substituents is 1. The van der Waals surface area contributed by atoms with Crippen LogP contribution in [0.5, 0.6) is 11.5 Å². The normalized spacial score (nSPS) is 11.1. The van der Waals surface area contributed by atoms with Gasteiger partial charge in [-0.25, -0.2) is 4.79 Å². The number of halogens is 1. The third-order valence-corrected chi connectivity index (χ3v) is 3.90. The molecule has 0 radical (unpaired) electrons. The number of hydrogen-bond donors (Lipinski definition) is 1. The van der Waals surface area contributed by atoms with Gasteiger partial charge in [-0.2, -0.15) is 0 Å². The number of ether oxygens (including phenoxy) is 2. The average Bonchev–Trinajstić information content (AvgIpc) is 2.65. The number of nitro benzene ring substituents is 1. The number of carbonyl (C=O) groups is 1. The maximum Gasteiger partial charge on any atom is 0.414 e. The van der Waals surface area contributed by atoms with Crippen LogP contribution in [0.15, 0.2) is 48.5 Å². The Hall–Kier alpha value is -2.84. The van der Waals surface area contributed by atoms with Crippen molar-refractivity contribution < 1.29 is 19.2 Å². The first-order chi connectivity index (χ1) is 12.9. The lowest BCUT2D eigenvalue weighted by molar-refractivity contribution is -0.384. The fraction of sp³-hybridized carbons (Fsp3) is 0.316. The molecule has 2 rings (SSSR count). The predicted molar refractivity (Wildman–Crippen MR) is 108 cm³/mol. The highest BCUT2D eigenvalue weighted by Gasteiger charge is 2.13. The number of amides is 1. The summed E-state index contributed by atoms with van der Waals surface area (Å²) < 4.78 is 11.0. The molecule has 0 spiro atoms. The lowest BCUT2D eigenvalue weighted by atomic mass is 10.0. The van der Waals surface area contributed by atoms with Gasteiger partial charge in [-0.15, -0.1) is 12.4 Å². The van der Waals surface area contributed by atoms with E-state index in [-0.39, 0.29) is 24.1 Å². The molecule has 0 unspecified atom stereocenters. The Bertz CT molecular complexity index is 783. The maximum absolute atomic E-state index is 11.7. The summed E-state index contributed by atoms with van der Waals surface area (Å²) in [5, 5.41) is 13.9. The second-order valence-corrected chi connectivity index (χ2v) is 6.06. The van der Waals surface area contributed by atoms with E-state index in [9.17, 15) is 14.9 Å². The van der Waals surface area contributed by atoms with Crippen molar-refractivity contribution in [2.75, 3.05) is 27.7 Å². The molecule has 9 heteroatoms. The minimum atomic E-state index is -0.448. The third kappa shape index (κ3) is 6.71. The fourth-order valence-corrected chi connectivity index (χ4v) is 2.42. The van der Waals surface area contributed by atoms with E-state index in [1.165, 1.54) is 17.0 Å². The van der Waals surface area contributed by atoms with Crippen molar-refractivity contribution in [1.82, 2.24) is 10.2 Å². The van der Waals surface area contributed by atoms with Gasteiger partial charge in [-0.05, 0) is 36.9 Å². The van der Waals surface area contributed by atoms with Gasteiger partial charge in [0.25, 0.3) is 5.69 Å². The second-order valence-electron chi connectivity index (χ2n) is 6.06. The largest absolute Gasteiger partial charge is 0.494 e. The highest BCUT2D eigenvalue weighted by molar-refractivity contribution is 5.85. The van der Waals surface area contributed by atoms with Crippen LogP contribution in [0.1, 0.15) is 18.0 Å². The summed E-state index contributed by atoms with van der Waals surface area (Å²) in [6.45, 7) is 0.422. The minimum Gasteiger partial charge on any atom is -0.494 e. The van der Waals surface area contributed by atoms with Gasteiger partial charge in [0.15, 0.2) is 0 Å². The van der Waals surface area contributed by atoms with Crippen molar-refractivity contribution in [2.45, 2.75) is 12.5 Å². The Morgan fingerprint density at radius 2 is 1.86 bits per heavy atom. The molecule has 2 aromatic rings. The molecule has 0 heterocycles. The molecular weight excluding hydrogens is 386 g/mol. The van der Waals surface area contributed by atoms with E-state index in [2.05, 4.69) is 5.32 Å². The SMILES string of the molecule is CN[C@@H](CCOc1ccc([N+](=O)[O-])cc1)c1cccc(OC(=O)N(C)C)c1.Cl. The van der Waals surface area contributed by atoms with Crippen LogP contribution >= 0.6 is 12.4 Å². The van der Waals surface area contributed by atoms with Crippen LogP contribution in [0.2, 0.25) is 0 Å². The Labute approximate surface area is 170 Å². The van der Waals surface area contributed by atoms with Crippen LogP contribution in [0.25, 0.3) is 0 Å². The summed E-state index contributed by atoms with van der Waals surface area (Å²) in [6, 6.07) is 13.3. The summed E-state index contributed by atoms with van der Waals surface area (Å²) in [6.07, 6.45) is 0.230. The van der Waals surface area contributed by atoms with E-state index >= 15 is 0 Å². The van der Waals surface area contributed by atoms with E-state index in [0.29, 0.717) is 24.5 Å². The molecule has 28 heavy (non-hydrogen) atoms. The first kappa shape index (κ1) is 23.2. The lowest BCUT2D eigenvalue weighted by Crippen LogP contribution is -2.25. The molecular formula is C19H24ClN3O5. The Kier molecular flexibility index (Phi) is 9.20. The van der Waals surface area contributed by atoms with Crippen LogP contribution in [-0.4, -0.2) is 43.7 Å². The summed E-state index contributed by atoms with van der Waals surface area (Å²) in [5.41, 5.74) is 0.994. The number of nitro groups is 1. The van der Waals surface area contributed by atoms with Crippen molar-refractivity contribution >= 4 is 24.2 Å². The molecule has 0 saturated heterocycles. The van der Waals surface area contributed by atoms with E-state index in [4.69, 9.17) is 9.47 Å². The first-order valence-corrected chi connectivity index (χ1v) is 8.44. The molecule has 2 aromatic carbocycles. The molecule has 0 aliphatic carbocycles. The molecule has 0 aliphatic rings. The number of carbonyl (C=O) groups excluding carboxylic acids is 1. The van der Waals surface area contributed by atoms with E-state index in [1.807, 2.05) is 25.2 Å². The number of benzene rings is 2. The number of nitrogens with one attached hydrogen (secondary N) is 1. The first-order valence-electron chi connectivity index (χ1n) is 8.44. The molecule has 0 aromatic heterocycles. The van der Waals surface area contributed by atoms with Crippen LogP contribution in [0.4, 0.5) is 10.5 Å². The van der Waals surface area contributed by atoms with Crippen molar-refractivity contribution in [3.8, 4) is 11.5 Å². The highest BCUT2D eigenvalue weighted by Crippen LogP contribution is 2.23. The summed E-state index contributed by atoms with van der Waals surface area (Å²) in [7, 11) is 5.09. The summed E-state index contributed by atoms with van der Waals surface area (Å²) in [5.74, 6) is 1.05. The number of hydrogen-bond acceptors (Lipinski definition) is 6. The van der Waals surface area contributed by atoms with Gasteiger partial charge in [0.2, 0.25) is 0 Å². The summed E-state index contributed by atoms with van der Waals surface area (Å²) >= 11 is 0. The van der Waals surface area contributed by atoms with Gasteiger partial charge in [-0.1, -0.05) is 12.1 Å². The minimum absolute atomic E-state index is 0. The van der Waals surface area contributed by atoms with Crippen LogP contribution in [0.3, 0.4) is 0 Å². The van der Waals surface area contributed by atoms with Gasteiger partial charge in [0.05, 0.1) is 11.5 Å². The zero-order chi connectivity index (χ0) is 19.8. The van der Waals surface area contributed by atoms with Crippen molar-refractivity contribution in [2.24, 2.45) is 0 Å². The van der Waals surface area contributed by atoms with Crippen LogP contribution in [-0.2, 0) is 0 Å². The Morgan fingerprint density at radius 1 is 1.18 bits per heavy atom. The van der Waals surface area contributed by atoms with E-state index in [0.717, 1.165) is 5.56 Å². The van der Waals surface area contributed by atoms with Crippen molar-refractivity contribution in [3.05, 3.63) is 64.2 Å². The lowest BCUT2D eigenvalue weighted by Gasteiger charge is -2.18. The molecule has 1 atom stereocenters. The van der Waals surface area contributed by atoms with Gasteiger partial charge >= 0.3 is 6.09 Å². The zero-order valence-electron chi connectivity index (χ0n) is 16.0. The average molecular weight is 410 g/mol. The van der Waals surface area contributed by atoms with Crippen molar-refractivity contribution in [3.63, 3.8) is 0 Å². The predicted octanol–water partition coefficient (Wildman–Crippen LogP) is 3.81. The van der Waals surface area contributed by atoms with E-state index < -0.39 is 11.0 Å². The van der Waals surface area contributed by atoms with E-state index in [1.54, 1.807) is 32.3 Å². The second kappa shape index (κ2) is 11.1. The standard InChI is InChI=1S/C19H23N3O5.ClH/c1-20-18(11-12-26-16-9-7-15(8-10-16)22(24)25)14-5-4-6-17(13-14)27-19(23)21(2)3;/h4-10,13,18,20H,11-12H2,1-3H3;1H/t18-;/m0./s1. The smallest absolute Gasteiger partial charge is 0.414 e. The van der Waals surface area contributed by atoms with Crippen LogP contribution in [0, 0.1) is 10.1 Å². The molecule has 0 saturated carbocycles. The number of rotatable bonds is 8. The topological polar surface area (TPSA) is 93.9 Å². The maximum atomic E-state index is 11.7. The molecule has 0 fully saturated rings. The third-order valence-electron chi connectivity index (χ3n) is 3.90. The fourth-order valence-electron chi connectivity index (χ4n) is 2.42. The highest BCUT2D eigenvalue weighted by atomic mass is 35.5. The monoisotopic (exact) mass is 409 g/mol. The summed E-state index contributed by atoms with van der Waals surface area (Å²) in [4.78, 5) is 23.3. The zero-order valence-corrected chi connectivity index (χ0v) is 16.8. The molecule has 1 N–H and O–H groups in total. The van der Waals surface area contributed by atoms with Crippen LogP contribution < -0.4 is 14.8 Å². The molecule has 1 amide bonds. The Balaban J connectivity index is 0.00000392. The molecule has 0 bridgehead atoms. The van der Waals surface area contributed by atoms with Gasteiger partial charge in [-0.3, -0.25) is 10.1 Å². The Morgan fingerprint density at radius 3 is 2.43 bits per heavy atom. The van der Waals surface area contributed by atoms with Gasteiger partial charge in [0, 0.05) is 38.7 Å².